The molecular weight excluding hydrogens is 324 g/mol. The van der Waals surface area contributed by atoms with E-state index < -0.39 is 10.0 Å². The van der Waals surface area contributed by atoms with Crippen LogP contribution in [0.3, 0.4) is 0 Å². The maximum atomic E-state index is 12.1. The summed E-state index contributed by atoms with van der Waals surface area (Å²) < 4.78 is 31.9. The Morgan fingerprint density at radius 1 is 1.18 bits per heavy atom. The van der Waals surface area contributed by atoms with Crippen LogP contribution in [-0.2, 0) is 14.8 Å². The van der Waals surface area contributed by atoms with E-state index in [-0.39, 0.29) is 10.0 Å². The van der Waals surface area contributed by atoms with E-state index in [1.165, 1.54) is 11.3 Å². The number of aromatic nitrogens is 2. The van der Waals surface area contributed by atoms with Gasteiger partial charge in [0, 0.05) is 25.1 Å². The summed E-state index contributed by atoms with van der Waals surface area (Å²) in [6.45, 7) is 3.23. The van der Waals surface area contributed by atoms with E-state index in [0.717, 1.165) is 11.3 Å². The number of sulfonamides is 1. The fourth-order valence-corrected chi connectivity index (χ4v) is 3.94. The van der Waals surface area contributed by atoms with Crippen molar-refractivity contribution in [2.45, 2.75) is 17.6 Å². The number of methoxy groups -OCH3 is 1. The fourth-order valence-electron chi connectivity index (χ4n) is 1.66. The van der Waals surface area contributed by atoms with Crippen LogP contribution in [0.1, 0.15) is 11.3 Å². The lowest BCUT2D eigenvalue weighted by molar-refractivity contribution is 0.197. The van der Waals surface area contributed by atoms with Gasteiger partial charge in [0.1, 0.15) is 10.0 Å². The molecule has 0 radical (unpaired) electrons. The first-order valence-corrected chi connectivity index (χ1v) is 8.97. The summed E-state index contributed by atoms with van der Waals surface area (Å²) in [5, 5.41) is 10.9. The molecule has 0 aliphatic heterocycles. The number of hydrogen-bond acceptors (Lipinski definition) is 7. The summed E-state index contributed by atoms with van der Waals surface area (Å²) in [6.07, 6.45) is 0.851. The molecule has 0 atom stereocenters. The number of hydrogen-bond donors (Lipinski definition) is 2. The van der Waals surface area contributed by atoms with Gasteiger partial charge < -0.3 is 10.1 Å². The normalized spacial score (nSPS) is 11.4. The number of nitrogens with one attached hydrogen (secondary N) is 2. The number of ether oxygens (including phenoxy) is 1. The van der Waals surface area contributed by atoms with Gasteiger partial charge in [0.2, 0.25) is 0 Å². The van der Waals surface area contributed by atoms with Gasteiger partial charge in [0.25, 0.3) is 10.0 Å². The van der Waals surface area contributed by atoms with E-state index in [0.29, 0.717) is 19.0 Å². The highest BCUT2D eigenvalue weighted by molar-refractivity contribution is 7.94. The first-order chi connectivity index (χ1) is 10.5. The minimum atomic E-state index is -3.60. The van der Waals surface area contributed by atoms with Crippen molar-refractivity contribution in [3.8, 4) is 0 Å². The standard InChI is InChI=1S/C13H18N4O3S2/c1-10-4-7-13(21-10)22(18,19)17-12-6-5-11(15-16-12)14-8-3-9-20-2/h4-7H,3,8-9H2,1-2H3,(H,14,15)(H,16,17). The molecule has 9 heteroatoms. The molecular formula is C13H18N4O3S2. The highest BCUT2D eigenvalue weighted by Gasteiger charge is 2.17. The molecule has 0 aliphatic rings. The molecule has 0 saturated heterocycles. The second kappa shape index (κ2) is 7.52. The van der Waals surface area contributed by atoms with E-state index in [1.54, 1.807) is 31.4 Å². The smallest absolute Gasteiger partial charge is 0.272 e. The molecule has 0 aliphatic carbocycles. The lowest BCUT2D eigenvalue weighted by Crippen LogP contribution is -2.13. The largest absolute Gasteiger partial charge is 0.385 e. The van der Waals surface area contributed by atoms with Gasteiger partial charge in [-0.3, -0.25) is 4.72 Å². The summed E-state index contributed by atoms with van der Waals surface area (Å²) in [7, 11) is -1.95. The van der Waals surface area contributed by atoms with Gasteiger partial charge in [-0.05, 0) is 37.6 Å². The molecule has 2 aromatic heterocycles. The van der Waals surface area contributed by atoms with Crippen LogP contribution in [0.25, 0.3) is 0 Å². The van der Waals surface area contributed by atoms with Crippen molar-refractivity contribution in [1.82, 2.24) is 10.2 Å². The first kappa shape index (κ1) is 16.7. The zero-order chi connectivity index (χ0) is 16.0. The average Bonchev–Trinajstić information content (AvgIpc) is 2.93. The van der Waals surface area contributed by atoms with E-state index in [4.69, 9.17) is 4.74 Å². The zero-order valence-corrected chi connectivity index (χ0v) is 14.0. The average molecular weight is 342 g/mol. The van der Waals surface area contributed by atoms with Gasteiger partial charge in [-0.1, -0.05) is 0 Å². The molecule has 2 aromatic rings. The monoisotopic (exact) mass is 342 g/mol. The Kier molecular flexibility index (Phi) is 5.69. The van der Waals surface area contributed by atoms with Crippen molar-refractivity contribution < 1.29 is 13.2 Å². The summed E-state index contributed by atoms with van der Waals surface area (Å²) in [5.74, 6) is 0.777. The Morgan fingerprint density at radius 3 is 2.50 bits per heavy atom. The lowest BCUT2D eigenvalue weighted by Gasteiger charge is -2.07. The van der Waals surface area contributed by atoms with Gasteiger partial charge in [0.05, 0.1) is 0 Å². The lowest BCUT2D eigenvalue weighted by atomic mass is 10.4. The van der Waals surface area contributed by atoms with Crippen LogP contribution in [0.4, 0.5) is 11.6 Å². The van der Waals surface area contributed by atoms with Crippen molar-refractivity contribution in [3.63, 3.8) is 0 Å². The van der Waals surface area contributed by atoms with Gasteiger partial charge in [-0.15, -0.1) is 21.5 Å². The molecule has 0 aromatic carbocycles. The Bertz CT molecular complexity index is 698. The van der Waals surface area contributed by atoms with Gasteiger partial charge in [-0.2, -0.15) is 0 Å². The van der Waals surface area contributed by atoms with Crippen LogP contribution in [0.15, 0.2) is 28.5 Å². The highest BCUT2D eigenvalue weighted by Crippen LogP contribution is 2.22. The van der Waals surface area contributed by atoms with Gasteiger partial charge >= 0.3 is 0 Å². The third kappa shape index (κ3) is 4.65. The molecule has 2 N–H and O–H groups in total. The number of anilines is 2. The molecule has 22 heavy (non-hydrogen) atoms. The molecule has 0 bridgehead atoms. The van der Waals surface area contributed by atoms with Crippen molar-refractivity contribution in [2.24, 2.45) is 0 Å². The molecule has 2 heterocycles. The molecule has 2 rings (SSSR count). The summed E-state index contributed by atoms with van der Waals surface area (Å²) in [5.41, 5.74) is 0. The van der Waals surface area contributed by atoms with Crippen molar-refractivity contribution >= 4 is 33.0 Å². The Hall–Kier alpha value is -1.71. The minimum absolute atomic E-state index is 0.188. The number of aryl methyl sites for hydroxylation is 1. The maximum absolute atomic E-state index is 12.1. The zero-order valence-electron chi connectivity index (χ0n) is 12.4. The Morgan fingerprint density at radius 2 is 1.91 bits per heavy atom. The van der Waals surface area contributed by atoms with Crippen molar-refractivity contribution in [1.29, 1.82) is 0 Å². The topological polar surface area (TPSA) is 93.2 Å². The van der Waals surface area contributed by atoms with Crippen LogP contribution in [0, 0.1) is 6.92 Å². The number of thiophene rings is 1. The molecule has 0 saturated carbocycles. The molecule has 0 unspecified atom stereocenters. The summed E-state index contributed by atoms with van der Waals surface area (Å²) in [4.78, 5) is 0.932. The third-order valence-electron chi connectivity index (χ3n) is 2.72. The Balaban J connectivity index is 1.96. The molecule has 120 valence electrons. The van der Waals surface area contributed by atoms with Gasteiger partial charge in [0.15, 0.2) is 5.82 Å². The van der Waals surface area contributed by atoms with E-state index in [1.807, 2.05) is 6.92 Å². The van der Waals surface area contributed by atoms with Crippen LogP contribution in [0.2, 0.25) is 0 Å². The maximum Gasteiger partial charge on any atom is 0.272 e. The number of rotatable bonds is 8. The predicted molar refractivity (Wildman–Crippen MR) is 86.9 cm³/mol. The van der Waals surface area contributed by atoms with E-state index in [2.05, 4.69) is 20.2 Å². The Labute approximate surface area is 133 Å². The van der Waals surface area contributed by atoms with Crippen LogP contribution < -0.4 is 10.0 Å². The fraction of sp³-hybridized carbons (Fsp3) is 0.385. The third-order valence-corrected chi connectivity index (χ3v) is 5.56. The minimum Gasteiger partial charge on any atom is -0.385 e. The predicted octanol–water partition coefficient (Wildman–Crippen LogP) is 2.10. The van der Waals surface area contributed by atoms with Crippen LogP contribution in [-0.4, -0.2) is 38.9 Å². The van der Waals surface area contributed by atoms with Crippen molar-refractivity contribution in [2.75, 3.05) is 30.3 Å². The second-order valence-corrected chi connectivity index (χ2v) is 7.74. The highest BCUT2D eigenvalue weighted by atomic mass is 32.2. The van der Waals surface area contributed by atoms with Crippen molar-refractivity contribution in [3.05, 3.63) is 29.1 Å². The molecule has 0 amide bonds. The molecule has 7 nitrogen and oxygen atoms in total. The molecule has 0 spiro atoms. The van der Waals surface area contributed by atoms with Gasteiger partial charge in [-0.25, -0.2) is 8.42 Å². The quantitative estimate of drug-likeness (QED) is 0.714. The molecule has 0 fully saturated rings. The van der Waals surface area contributed by atoms with Crippen LogP contribution in [0.5, 0.6) is 0 Å². The summed E-state index contributed by atoms with van der Waals surface area (Å²) in [6, 6.07) is 6.58. The number of nitrogens with zero attached hydrogens (tertiary/aromatic N) is 2. The second-order valence-electron chi connectivity index (χ2n) is 4.55. The first-order valence-electron chi connectivity index (χ1n) is 6.67. The van der Waals surface area contributed by atoms with E-state index in [9.17, 15) is 8.42 Å². The van der Waals surface area contributed by atoms with E-state index >= 15 is 0 Å². The van der Waals surface area contributed by atoms with Crippen LogP contribution >= 0.6 is 11.3 Å². The summed E-state index contributed by atoms with van der Waals surface area (Å²) >= 11 is 1.21. The SMILES string of the molecule is COCCCNc1ccc(NS(=O)(=O)c2ccc(C)s2)nn1.